The summed E-state index contributed by atoms with van der Waals surface area (Å²) in [5, 5.41) is 21.4. The zero-order chi connectivity index (χ0) is 14.5. The molecule has 0 aliphatic heterocycles. The molecule has 5 heteroatoms. The van der Waals surface area contributed by atoms with Crippen molar-refractivity contribution in [2.24, 2.45) is 0 Å². The van der Waals surface area contributed by atoms with Crippen molar-refractivity contribution in [1.82, 2.24) is 0 Å². The van der Waals surface area contributed by atoms with E-state index in [1.165, 1.54) is 0 Å². The third-order valence-corrected chi connectivity index (χ3v) is 3.76. The molecule has 3 nitrogen and oxygen atoms in total. The van der Waals surface area contributed by atoms with Crippen LogP contribution >= 0.6 is 27.5 Å². The fraction of sp³-hybridized carbons (Fsp3) is 0.0667. The highest BCUT2D eigenvalue weighted by Gasteiger charge is 2.04. The van der Waals surface area contributed by atoms with Crippen LogP contribution in [0.3, 0.4) is 0 Å². The molecule has 0 saturated heterocycles. The minimum atomic E-state index is 0.537. The maximum absolute atomic E-state index is 8.81. The lowest BCUT2D eigenvalue weighted by Crippen LogP contribution is -2.01. The van der Waals surface area contributed by atoms with Gasteiger partial charge in [0.25, 0.3) is 0 Å². The monoisotopic (exact) mass is 345 g/mol. The third kappa shape index (κ3) is 3.30. The molecule has 0 spiro atoms. The fourth-order valence-electron chi connectivity index (χ4n) is 1.68. The molecule has 0 unspecified atom stereocenters. The largest absolute Gasteiger partial charge is 0.380 e. The maximum Gasteiger partial charge on any atom is 0.0992 e. The number of hydrogen-bond acceptors (Lipinski definition) is 3. The van der Waals surface area contributed by atoms with Crippen LogP contribution in [0.15, 0.2) is 40.9 Å². The zero-order valence-corrected chi connectivity index (χ0v) is 12.7. The lowest BCUT2D eigenvalue weighted by molar-refractivity contribution is 1.14. The fourth-order valence-corrected chi connectivity index (χ4v) is 2.45. The minimum Gasteiger partial charge on any atom is -0.380 e. The van der Waals surface area contributed by atoms with Gasteiger partial charge >= 0.3 is 0 Å². The highest BCUT2D eigenvalue weighted by Crippen LogP contribution is 2.25. The molecule has 0 atom stereocenters. The number of nitriles is 2. The van der Waals surface area contributed by atoms with E-state index >= 15 is 0 Å². The van der Waals surface area contributed by atoms with Gasteiger partial charge in [0.15, 0.2) is 0 Å². The van der Waals surface area contributed by atoms with Crippen molar-refractivity contribution in [3.05, 3.63) is 62.6 Å². The summed E-state index contributed by atoms with van der Waals surface area (Å²) in [7, 11) is 0. The molecule has 98 valence electrons. The van der Waals surface area contributed by atoms with Gasteiger partial charge in [-0.1, -0.05) is 17.7 Å². The van der Waals surface area contributed by atoms with Crippen molar-refractivity contribution in [2.75, 3.05) is 5.32 Å². The molecule has 2 aromatic rings. The van der Waals surface area contributed by atoms with E-state index in [4.69, 9.17) is 22.1 Å². The molecule has 2 rings (SSSR count). The van der Waals surface area contributed by atoms with Crippen LogP contribution in [-0.4, -0.2) is 0 Å². The minimum absolute atomic E-state index is 0.537. The van der Waals surface area contributed by atoms with Gasteiger partial charge in [0, 0.05) is 21.7 Å². The summed E-state index contributed by atoms with van der Waals surface area (Å²) >= 11 is 9.53. The first-order valence-corrected chi connectivity index (χ1v) is 6.93. The highest BCUT2D eigenvalue weighted by molar-refractivity contribution is 9.10. The SMILES string of the molecule is N#Cc1ccc(CNc2ccc(C#N)cc2Br)c(Cl)c1. The van der Waals surface area contributed by atoms with Crippen LogP contribution in [0.1, 0.15) is 16.7 Å². The van der Waals surface area contributed by atoms with Crippen LogP contribution in [0.2, 0.25) is 5.02 Å². The van der Waals surface area contributed by atoms with Crippen LogP contribution < -0.4 is 5.32 Å². The summed E-state index contributed by atoms with van der Waals surface area (Å²) in [5.41, 5.74) is 2.92. The second kappa shape index (κ2) is 6.43. The lowest BCUT2D eigenvalue weighted by atomic mass is 10.1. The summed E-state index contributed by atoms with van der Waals surface area (Å²) in [6, 6.07) is 14.7. The van der Waals surface area contributed by atoms with E-state index in [1.807, 2.05) is 18.2 Å². The average molecular weight is 347 g/mol. The van der Waals surface area contributed by atoms with Gasteiger partial charge in [0.2, 0.25) is 0 Å². The van der Waals surface area contributed by atoms with Crippen molar-refractivity contribution in [3.63, 3.8) is 0 Å². The predicted octanol–water partition coefficient (Wildman–Crippen LogP) is 4.46. The first kappa shape index (κ1) is 14.4. The van der Waals surface area contributed by atoms with Gasteiger partial charge in [-0.15, -0.1) is 0 Å². The van der Waals surface area contributed by atoms with Gasteiger partial charge in [-0.05, 0) is 51.8 Å². The zero-order valence-electron chi connectivity index (χ0n) is 10.3. The summed E-state index contributed by atoms with van der Waals surface area (Å²) in [5.74, 6) is 0. The number of benzene rings is 2. The molecule has 0 radical (unpaired) electrons. The summed E-state index contributed by atoms with van der Waals surface area (Å²) in [6.45, 7) is 0.537. The van der Waals surface area contributed by atoms with Gasteiger partial charge in [0.05, 0.1) is 23.3 Å². The van der Waals surface area contributed by atoms with Crippen molar-refractivity contribution in [1.29, 1.82) is 10.5 Å². The molecule has 20 heavy (non-hydrogen) atoms. The van der Waals surface area contributed by atoms with Gasteiger partial charge < -0.3 is 5.32 Å². The molecule has 0 amide bonds. The van der Waals surface area contributed by atoms with Gasteiger partial charge in [-0.2, -0.15) is 10.5 Å². The first-order chi connectivity index (χ1) is 9.63. The van der Waals surface area contributed by atoms with E-state index in [0.717, 1.165) is 15.7 Å². The van der Waals surface area contributed by atoms with Gasteiger partial charge in [-0.25, -0.2) is 0 Å². The Morgan fingerprint density at radius 2 is 1.70 bits per heavy atom. The van der Waals surface area contributed by atoms with E-state index < -0.39 is 0 Å². The van der Waals surface area contributed by atoms with Crippen molar-refractivity contribution in [3.8, 4) is 12.1 Å². The quantitative estimate of drug-likeness (QED) is 0.892. The number of rotatable bonds is 3. The highest BCUT2D eigenvalue weighted by atomic mass is 79.9. The number of anilines is 1. The Hall–Kier alpha value is -2.01. The molecular formula is C15H9BrClN3. The molecule has 0 fully saturated rings. The Balaban J connectivity index is 2.13. The number of halogens is 2. The Kier molecular flexibility index (Phi) is 4.63. The maximum atomic E-state index is 8.81. The Labute approximate surface area is 130 Å². The van der Waals surface area contributed by atoms with E-state index in [-0.39, 0.29) is 0 Å². The Bertz CT molecular complexity index is 665. The molecule has 0 heterocycles. The van der Waals surface area contributed by atoms with Crippen molar-refractivity contribution >= 4 is 33.2 Å². The van der Waals surface area contributed by atoms with E-state index in [1.54, 1.807) is 24.3 Å². The molecule has 0 saturated carbocycles. The van der Waals surface area contributed by atoms with Crippen LogP contribution in [0.25, 0.3) is 0 Å². The van der Waals surface area contributed by atoms with Gasteiger partial charge in [-0.3, -0.25) is 0 Å². The van der Waals surface area contributed by atoms with Crippen LogP contribution in [0.5, 0.6) is 0 Å². The predicted molar refractivity (Wildman–Crippen MR) is 82.4 cm³/mol. The average Bonchev–Trinajstić information content (AvgIpc) is 2.46. The standard InChI is InChI=1S/C15H9BrClN3/c16-13-5-10(7-18)2-4-15(13)20-9-12-3-1-11(8-19)6-14(12)17/h1-6,20H,9H2. The van der Waals surface area contributed by atoms with Crippen LogP contribution in [-0.2, 0) is 6.54 Å². The molecule has 0 aliphatic rings. The number of nitrogens with one attached hydrogen (secondary N) is 1. The molecule has 0 aromatic heterocycles. The van der Waals surface area contributed by atoms with Crippen molar-refractivity contribution < 1.29 is 0 Å². The van der Waals surface area contributed by atoms with E-state index in [9.17, 15) is 0 Å². The molecule has 0 bridgehead atoms. The Morgan fingerprint density at radius 3 is 2.30 bits per heavy atom. The summed E-state index contributed by atoms with van der Waals surface area (Å²) in [4.78, 5) is 0. The topological polar surface area (TPSA) is 59.6 Å². The second-order valence-corrected chi connectivity index (χ2v) is 5.34. The van der Waals surface area contributed by atoms with Crippen LogP contribution in [0.4, 0.5) is 5.69 Å². The number of nitrogens with zero attached hydrogens (tertiary/aromatic N) is 2. The Morgan fingerprint density at radius 1 is 1.05 bits per heavy atom. The molecule has 1 N–H and O–H groups in total. The molecule has 0 aliphatic carbocycles. The normalized spacial score (nSPS) is 9.60. The second-order valence-electron chi connectivity index (χ2n) is 4.08. The van der Waals surface area contributed by atoms with Gasteiger partial charge in [0.1, 0.15) is 0 Å². The van der Waals surface area contributed by atoms with E-state index in [0.29, 0.717) is 22.7 Å². The molecular weight excluding hydrogens is 338 g/mol. The smallest absolute Gasteiger partial charge is 0.0992 e. The van der Waals surface area contributed by atoms with Crippen LogP contribution in [0, 0.1) is 22.7 Å². The summed E-state index contributed by atoms with van der Waals surface area (Å²) < 4.78 is 0.821. The third-order valence-electron chi connectivity index (χ3n) is 2.75. The van der Waals surface area contributed by atoms with E-state index in [2.05, 4.69) is 27.3 Å². The first-order valence-electron chi connectivity index (χ1n) is 5.76. The lowest BCUT2D eigenvalue weighted by Gasteiger charge is -2.10. The molecule has 2 aromatic carbocycles. The summed E-state index contributed by atoms with van der Waals surface area (Å²) in [6.07, 6.45) is 0. The van der Waals surface area contributed by atoms with Crippen molar-refractivity contribution in [2.45, 2.75) is 6.54 Å². The number of hydrogen-bond donors (Lipinski definition) is 1.